The quantitative estimate of drug-likeness (QED) is 0.147. The molecule has 5 aromatic rings. The number of halogens is 6. The van der Waals surface area contributed by atoms with E-state index >= 15 is 8.78 Å². The lowest BCUT2D eigenvalue weighted by Gasteiger charge is -2.27. The number of fused-ring (bicyclic) bond motifs is 3. The number of Topliss-reactive ketones (excluding diaryl/α,β-unsaturated/α-hetero) is 1. The van der Waals surface area contributed by atoms with Gasteiger partial charge in [-0.25, -0.2) is 26.0 Å². The largest absolute Gasteiger partial charge is 0.347 e. The van der Waals surface area contributed by atoms with Gasteiger partial charge in [0.15, 0.2) is 5.82 Å². The summed E-state index contributed by atoms with van der Waals surface area (Å²) in [5, 5.41) is 11.4. The van der Waals surface area contributed by atoms with E-state index in [9.17, 15) is 35.6 Å². The zero-order valence-electron chi connectivity index (χ0n) is 30.1. The van der Waals surface area contributed by atoms with E-state index in [4.69, 9.17) is 0 Å². The Balaban J connectivity index is 1.38. The van der Waals surface area contributed by atoms with Gasteiger partial charge in [-0.05, 0) is 64.8 Å². The predicted molar refractivity (Wildman–Crippen MR) is 191 cm³/mol. The first-order valence-electron chi connectivity index (χ1n) is 17.4. The van der Waals surface area contributed by atoms with Crippen LogP contribution in [-0.4, -0.2) is 45.9 Å². The number of hydrogen-bond acceptors (Lipinski definition) is 6. The topological polar surface area (TPSA) is 128 Å². The van der Waals surface area contributed by atoms with Crippen molar-refractivity contribution in [3.63, 3.8) is 0 Å². The van der Waals surface area contributed by atoms with E-state index in [0.717, 1.165) is 24.0 Å². The number of amides is 1. The van der Waals surface area contributed by atoms with Gasteiger partial charge < -0.3 is 5.32 Å². The van der Waals surface area contributed by atoms with Crippen molar-refractivity contribution in [2.24, 2.45) is 13.0 Å². The summed E-state index contributed by atoms with van der Waals surface area (Å²) in [5.74, 6) is -8.48. The number of nitrogens with zero attached hydrogens (tertiary/aromatic N) is 4. The Labute approximate surface area is 312 Å². The second kappa shape index (κ2) is 13.8. The third-order valence-electron chi connectivity index (χ3n) is 10.6. The molecule has 10 nitrogen and oxygen atoms in total. The standard InChI is InChI=1S/C38H36F6N6O4S/c1-18-19(2)38(43,44)35-32(18)33(36(41)42)46-50(35)17-31(52)45-30(12-20-10-23(39)16-24(40)11-20)29-14-21-8-9-25(51)13-22(21)15-28(29)26-6-5-7-27-34(26)49(3)47-37(27)48-55(4,53)54/h5-7,10-11,14-16,18-19,30,36H,8-9,12-13,17H2,1-4H3,(H,45,52)(H,47,48)/t18-,19+,30?/m0/s1. The number of aromatic nitrogens is 4. The van der Waals surface area contributed by atoms with Crippen LogP contribution in [0.3, 0.4) is 0 Å². The summed E-state index contributed by atoms with van der Waals surface area (Å²) in [6.07, 6.45) is -1.69. The number of alkyl halides is 4. The number of benzene rings is 3. The van der Waals surface area contributed by atoms with Crippen molar-refractivity contribution in [3.05, 3.63) is 99.4 Å². The van der Waals surface area contributed by atoms with Gasteiger partial charge in [-0.3, -0.25) is 23.7 Å². The van der Waals surface area contributed by atoms with E-state index in [2.05, 4.69) is 20.2 Å². The van der Waals surface area contributed by atoms with Crippen molar-refractivity contribution >= 4 is 38.4 Å². The van der Waals surface area contributed by atoms with Crippen LogP contribution in [0.25, 0.3) is 22.0 Å². The monoisotopic (exact) mass is 786 g/mol. The van der Waals surface area contributed by atoms with E-state index in [0.29, 0.717) is 50.3 Å². The van der Waals surface area contributed by atoms with Crippen molar-refractivity contribution in [1.82, 2.24) is 24.9 Å². The zero-order valence-corrected chi connectivity index (χ0v) is 30.9. The van der Waals surface area contributed by atoms with Crippen molar-refractivity contribution < 1.29 is 44.3 Å². The third kappa shape index (κ3) is 7.09. The van der Waals surface area contributed by atoms with Gasteiger partial charge in [-0.2, -0.15) is 19.0 Å². The second-order valence-corrected chi connectivity index (χ2v) is 16.1. The molecule has 0 saturated heterocycles. The van der Waals surface area contributed by atoms with Gasteiger partial charge in [0.1, 0.15) is 35.4 Å². The molecule has 3 aromatic carbocycles. The summed E-state index contributed by atoms with van der Waals surface area (Å²) in [7, 11) is -2.14. The fourth-order valence-corrected chi connectivity index (χ4v) is 8.44. The molecule has 1 amide bonds. The number of anilines is 1. The molecule has 0 aliphatic heterocycles. The van der Waals surface area contributed by atoms with Crippen molar-refractivity contribution in [3.8, 4) is 11.1 Å². The molecule has 17 heteroatoms. The summed E-state index contributed by atoms with van der Waals surface area (Å²) in [4.78, 5) is 26.6. The third-order valence-corrected chi connectivity index (χ3v) is 11.1. The highest BCUT2D eigenvalue weighted by atomic mass is 32.2. The number of carbonyl (C=O) groups is 2. The maximum absolute atomic E-state index is 15.6. The minimum absolute atomic E-state index is 0.0000272. The van der Waals surface area contributed by atoms with Crippen LogP contribution in [0.5, 0.6) is 0 Å². The molecule has 0 saturated carbocycles. The molecule has 55 heavy (non-hydrogen) atoms. The Morgan fingerprint density at radius 3 is 2.38 bits per heavy atom. The zero-order chi connectivity index (χ0) is 39.7. The average molecular weight is 787 g/mol. The van der Waals surface area contributed by atoms with Gasteiger partial charge in [0.2, 0.25) is 15.9 Å². The van der Waals surface area contributed by atoms with Crippen LogP contribution in [0.1, 0.15) is 77.9 Å². The number of carbonyl (C=O) groups excluding carboxylic acids is 2. The molecule has 0 radical (unpaired) electrons. The van der Waals surface area contributed by atoms with Crippen molar-refractivity contribution in [1.29, 1.82) is 0 Å². The summed E-state index contributed by atoms with van der Waals surface area (Å²) < 4.78 is 117. The number of para-hydroxylation sites is 1. The first kappa shape index (κ1) is 38.1. The van der Waals surface area contributed by atoms with E-state index in [1.54, 1.807) is 37.4 Å². The summed E-state index contributed by atoms with van der Waals surface area (Å²) in [5.41, 5.74) is 1.57. The highest BCUT2D eigenvalue weighted by Gasteiger charge is 2.55. The van der Waals surface area contributed by atoms with E-state index < -0.39 is 75.7 Å². The van der Waals surface area contributed by atoms with Crippen LogP contribution >= 0.6 is 0 Å². The summed E-state index contributed by atoms with van der Waals surface area (Å²) >= 11 is 0. The molecule has 2 aliphatic carbocycles. The highest BCUT2D eigenvalue weighted by molar-refractivity contribution is 7.92. The molecule has 0 bridgehead atoms. The number of nitrogens with one attached hydrogen (secondary N) is 2. The smallest absolute Gasteiger partial charge is 0.292 e. The second-order valence-electron chi connectivity index (χ2n) is 14.4. The van der Waals surface area contributed by atoms with Gasteiger partial charge in [-0.15, -0.1) is 0 Å². The summed E-state index contributed by atoms with van der Waals surface area (Å²) in [6.45, 7) is 1.78. The van der Waals surface area contributed by atoms with Crippen LogP contribution in [0.4, 0.5) is 32.2 Å². The molecule has 3 atom stereocenters. The Kier molecular flexibility index (Phi) is 9.58. The highest BCUT2D eigenvalue weighted by Crippen LogP contribution is 2.54. The Bertz CT molecular complexity index is 2480. The van der Waals surface area contributed by atoms with Crippen molar-refractivity contribution in [2.45, 2.75) is 70.4 Å². The first-order chi connectivity index (χ1) is 25.8. The molecule has 0 spiro atoms. The number of hydrogen-bond donors (Lipinski definition) is 2. The Morgan fingerprint density at radius 1 is 1.00 bits per heavy atom. The van der Waals surface area contributed by atoms with Gasteiger partial charge >= 0.3 is 0 Å². The maximum Gasteiger partial charge on any atom is 0.292 e. The lowest BCUT2D eigenvalue weighted by molar-refractivity contribution is -0.123. The number of rotatable bonds is 10. The fraction of sp³-hybridized carbons (Fsp3) is 0.368. The molecule has 0 fully saturated rings. The molecular weight excluding hydrogens is 751 g/mol. The fourth-order valence-electron chi connectivity index (χ4n) is 7.94. The minimum atomic E-state index is -3.74. The molecule has 7 rings (SSSR count). The predicted octanol–water partition coefficient (Wildman–Crippen LogP) is 7.03. The summed E-state index contributed by atoms with van der Waals surface area (Å²) in [6, 6.07) is 10.4. The van der Waals surface area contributed by atoms with Crippen LogP contribution in [0.2, 0.25) is 0 Å². The molecule has 2 aromatic heterocycles. The minimum Gasteiger partial charge on any atom is -0.347 e. The lowest BCUT2D eigenvalue weighted by atomic mass is 9.82. The Hall–Kier alpha value is -5.19. The molecule has 2 heterocycles. The lowest BCUT2D eigenvalue weighted by Crippen LogP contribution is -2.35. The number of aryl methyl sites for hydroxylation is 2. The van der Waals surface area contributed by atoms with E-state index in [-0.39, 0.29) is 42.0 Å². The SMILES string of the molecule is C[C@@H]1c2c(C(F)F)nn(CC(=O)NC(Cc3cc(F)cc(F)c3)c3cc4c(cc3-c3cccc5c(NS(C)(=O)=O)nn(C)c35)CC(=O)CC4)c2C(F)(F)[C@@H]1C. The van der Waals surface area contributed by atoms with Gasteiger partial charge in [-0.1, -0.05) is 38.1 Å². The van der Waals surface area contributed by atoms with Crippen LogP contribution < -0.4 is 10.0 Å². The Morgan fingerprint density at radius 2 is 1.71 bits per heavy atom. The molecule has 2 aliphatic rings. The molecule has 1 unspecified atom stereocenters. The molecular formula is C38H36F6N6O4S. The normalized spacial score (nSPS) is 18.4. The van der Waals surface area contributed by atoms with Crippen LogP contribution in [0, 0.1) is 17.6 Å². The van der Waals surface area contributed by atoms with Crippen molar-refractivity contribution in [2.75, 3.05) is 11.0 Å². The maximum atomic E-state index is 15.6. The van der Waals surface area contributed by atoms with Gasteiger partial charge in [0.25, 0.3) is 12.3 Å². The number of ketones is 1. The van der Waals surface area contributed by atoms with Crippen LogP contribution in [-0.2, 0) is 58.4 Å². The average Bonchev–Trinajstić information content (AvgIpc) is 3.68. The first-order valence-corrected chi connectivity index (χ1v) is 19.3. The number of sulfonamides is 1. The van der Waals surface area contributed by atoms with E-state index in [1.807, 2.05) is 0 Å². The van der Waals surface area contributed by atoms with Gasteiger partial charge in [0.05, 0.1) is 17.8 Å². The van der Waals surface area contributed by atoms with Gasteiger partial charge in [0, 0.05) is 48.4 Å². The molecule has 2 N–H and O–H groups in total. The van der Waals surface area contributed by atoms with Crippen LogP contribution in [0.15, 0.2) is 48.5 Å². The molecule has 290 valence electrons. The van der Waals surface area contributed by atoms with E-state index in [1.165, 1.54) is 18.5 Å².